The van der Waals surface area contributed by atoms with Crippen molar-refractivity contribution in [1.29, 1.82) is 0 Å². The van der Waals surface area contributed by atoms with Crippen molar-refractivity contribution in [2.75, 3.05) is 25.0 Å². The van der Waals surface area contributed by atoms with Gasteiger partial charge >= 0.3 is 6.18 Å². The van der Waals surface area contributed by atoms with Gasteiger partial charge in [-0.25, -0.2) is 0 Å². The van der Waals surface area contributed by atoms with Gasteiger partial charge in [-0.2, -0.15) is 13.2 Å². The molecular formula is C13H15F3N2O2. The van der Waals surface area contributed by atoms with Crippen LogP contribution in [0.2, 0.25) is 0 Å². The van der Waals surface area contributed by atoms with Crippen LogP contribution in [0.5, 0.6) is 5.75 Å². The lowest BCUT2D eigenvalue weighted by atomic mass is 9.99. The fraction of sp³-hybridized carbons (Fsp3) is 0.462. The number of anilines is 1. The Morgan fingerprint density at radius 2 is 2.05 bits per heavy atom. The predicted molar refractivity (Wildman–Crippen MR) is 67.6 cm³/mol. The first-order chi connectivity index (χ1) is 9.44. The molecule has 1 aliphatic heterocycles. The van der Waals surface area contributed by atoms with Crippen LogP contribution in [0, 0.1) is 5.92 Å². The molecule has 4 nitrogen and oxygen atoms in total. The summed E-state index contributed by atoms with van der Waals surface area (Å²) in [6.07, 6.45) is -4.06. The summed E-state index contributed by atoms with van der Waals surface area (Å²) in [6.45, 7) is 0.200. The number of nitrogens with one attached hydrogen (secondary N) is 2. The number of carbonyl (C=O) groups excluding carboxylic acids is 1. The van der Waals surface area contributed by atoms with Crippen molar-refractivity contribution >= 4 is 11.6 Å². The Morgan fingerprint density at radius 3 is 2.65 bits per heavy atom. The summed E-state index contributed by atoms with van der Waals surface area (Å²) in [6, 6.07) is 6.09. The van der Waals surface area contributed by atoms with Crippen molar-refractivity contribution < 1.29 is 22.7 Å². The van der Waals surface area contributed by atoms with E-state index >= 15 is 0 Å². The fourth-order valence-electron chi connectivity index (χ4n) is 1.81. The van der Waals surface area contributed by atoms with Gasteiger partial charge in [-0.3, -0.25) is 4.79 Å². The van der Waals surface area contributed by atoms with Crippen molar-refractivity contribution in [3.63, 3.8) is 0 Å². The van der Waals surface area contributed by atoms with Crippen LogP contribution in [0.3, 0.4) is 0 Å². The molecule has 1 aromatic carbocycles. The van der Waals surface area contributed by atoms with E-state index < -0.39 is 12.8 Å². The van der Waals surface area contributed by atoms with Gasteiger partial charge in [-0.05, 0) is 31.1 Å². The Hall–Kier alpha value is -1.76. The summed E-state index contributed by atoms with van der Waals surface area (Å²) in [5.74, 6) is 0.0859. The van der Waals surface area contributed by atoms with E-state index in [-0.39, 0.29) is 17.3 Å². The predicted octanol–water partition coefficient (Wildman–Crippen LogP) is 2.18. The highest BCUT2D eigenvalue weighted by Crippen LogP contribution is 2.26. The maximum absolute atomic E-state index is 12.1. The molecule has 1 aromatic rings. The Bertz CT molecular complexity index is 473. The molecule has 0 aromatic heterocycles. The van der Waals surface area contributed by atoms with E-state index in [4.69, 9.17) is 4.74 Å². The molecule has 1 saturated heterocycles. The van der Waals surface area contributed by atoms with Gasteiger partial charge in [0.15, 0.2) is 6.61 Å². The van der Waals surface area contributed by atoms with E-state index in [2.05, 4.69) is 10.6 Å². The number of ether oxygens (including phenoxy) is 1. The van der Waals surface area contributed by atoms with E-state index in [0.29, 0.717) is 12.3 Å². The van der Waals surface area contributed by atoms with Crippen molar-refractivity contribution in [2.45, 2.75) is 12.6 Å². The van der Waals surface area contributed by atoms with Gasteiger partial charge in [-0.1, -0.05) is 12.1 Å². The van der Waals surface area contributed by atoms with Gasteiger partial charge in [0.05, 0.1) is 5.69 Å². The zero-order valence-electron chi connectivity index (χ0n) is 10.7. The third-order valence-electron chi connectivity index (χ3n) is 2.89. The SMILES string of the molecule is O=C(CC1CNC1)Nc1ccccc1OCC(F)(F)F. The second kappa shape index (κ2) is 6.13. The zero-order chi connectivity index (χ0) is 14.6. The van der Waals surface area contributed by atoms with Crippen LogP contribution >= 0.6 is 0 Å². The molecular weight excluding hydrogens is 273 g/mol. The Balaban J connectivity index is 1.94. The van der Waals surface area contributed by atoms with E-state index in [0.717, 1.165) is 13.1 Å². The minimum Gasteiger partial charge on any atom is -0.482 e. The van der Waals surface area contributed by atoms with Gasteiger partial charge in [-0.15, -0.1) is 0 Å². The van der Waals surface area contributed by atoms with E-state index in [1.807, 2.05) is 0 Å². The summed E-state index contributed by atoms with van der Waals surface area (Å²) >= 11 is 0. The molecule has 1 amide bonds. The van der Waals surface area contributed by atoms with Crippen molar-refractivity contribution in [2.24, 2.45) is 5.92 Å². The van der Waals surface area contributed by atoms with Crippen LogP contribution in [0.25, 0.3) is 0 Å². The number of carbonyl (C=O) groups is 1. The molecule has 20 heavy (non-hydrogen) atoms. The number of amides is 1. The van der Waals surface area contributed by atoms with E-state index in [1.165, 1.54) is 12.1 Å². The smallest absolute Gasteiger partial charge is 0.422 e. The number of benzene rings is 1. The van der Waals surface area contributed by atoms with Crippen LogP contribution in [-0.4, -0.2) is 31.8 Å². The number of para-hydroxylation sites is 2. The quantitative estimate of drug-likeness (QED) is 0.873. The number of alkyl halides is 3. The second-order valence-corrected chi connectivity index (χ2v) is 4.68. The van der Waals surface area contributed by atoms with Gasteiger partial charge in [0.2, 0.25) is 5.91 Å². The molecule has 2 N–H and O–H groups in total. The second-order valence-electron chi connectivity index (χ2n) is 4.68. The zero-order valence-corrected chi connectivity index (χ0v) is 10.7. The Kier molecular flexibility index (Phi) is 4.49. The average molecular weight is 288 g/mol. The molecule has 0 bridgehead atoms. The molecule has 7 heteroatoms. The summed E-state index contributed by atoms with van der Waals surface area (Å²) in [7, 11) is 0. The van der Waals surface area contributed by atoms with E-state index in [1.54, 1.807) is 12.1 Å². The molecule has 1 heterocycles. The first kappa shape index (κ1) is 14.6. The van der Waals surface area contributed by atoms with E-state index in [9.17, 15) is 18.0 Å². The molecule has 0 radical (unpaired) electrons. The molecule has 110 valence electrons. The summed E-state index contributed by atoms with van der Waals surface area (Å²) in [5.41, 5.74) is 0.258. The Labute approximate surface area is 114 Å². The molecule has 0 atom stereocenters. The standard InChI is InChI=1S/C13H15F3N2O2/c14-13(15,16)8-20-11-4-2-1-3-10(11)18-12(19)5-9-6-17-7-9/h1-4,9,17H,5-8H2,(H,18,19). The van der Waals surface area contributed by atoms with Crippen LogP contribution in [-0.2, 0) is 4.79 Å². The highest BCUT2D eigenvalue weighted by atomic mass is 19.4. The van der Waals surface area contributed by atoms with Gasteiger partial charge < -0.3 is 15.4 Å². The molecule has 0 saturated carbocycles. The molecule has 1 aliphatic rings. The molecule has 2 rings (SSSR count). The first-order valence-corrected chi connectivity index (χ1v) is 6.23. The largest absolute Gasteiger partial charge is 0.482 e. The topological polar surface area (TPSA) is 50.4 Å². The van der Waals surface area contributed by atoms with Crippen LogP contribution in [0.1, 0.15) is 6.42 Å². The third kappa shape index (κ3) is 4.41. The lowest BCUT2D eigenvalue weighted by Crippen LogP contribution is -2.43. The maximum atomic E-state index is 12.1. The summed E-state index contributed by atoms with van der Waals surface area (Å²) < 4.78 is 41.1. The molecule has 0 unspecified atom stereocenters. The van der Waals surface area contributed by atoms with Crippen LogP contribution in [0.15, 0.2) is 24.3 Å². The number of rotatable bonds is 5. The minimum atomic E-state index is -4.41. The Morgan fingerprint density at radius 1 is 1.35 bits per heavy atom. The van der Waals surface area contributed by atoms with Gasteiger partial charge in [0, 0.05) is 6.42 Å². The lowest BCUT2D eigenvalue weighted by Gasteiger charge is -2.26. The number of halogens is 3. The van der Waals surface area contributed by atoms with Crippen molar-refractivity contribution in [3.8, 4) is 5.75 Å². The molecule has 0 aliphatic carbocycles. The molecule has 0 spiro atoms. The highest BCUT2D eigenvalue weighted by Gasteiger charge is 2.29. The fourth-order valence-corrected chi connectivity index (χ4v) is 1.81. The van der Waals surface area contributed by atoms with Crippen LogP contribution in [0.4, 0.5) is 18.9 Å². The van der Waals surface area contributed by atoms with Crippen LogP contribution < -0.4 is 15.4 Å². The van der Waals surface area contributed by atoms with Gasteiger partial charge in [0.1, 0.15) is 5.75 Å². The first-order valence-electron chi connectivity index (χ1n) is 6.23. The third-order valence-corrected chi connectivity index (χ3v) is 2.89. The van der Waals surface area contributed by atoms with Crippen molar-refractivity contribution in [1.82, 2.24) is 5.32 Å². The average Bonchev–Trinajstić information content (AvgIpc) is 2.32. The monoisotopic (exact) mass is 288 g/mol. The maximum Gasteiger partial charge on any atom is 0.422 e. The lowest BCUT2D eigenvalue weighted by molar-refractivity contribution is -0.153. The minimum absolute atomic E-state index is 0.0184. The summed E-state index contributed by atoms with van der Waals surface area (Å²) in [5, 5.41) is 5.64. The number of hydrogen-bond acceptors (Lipinski definition) is 3. The summed E-state index contributed by atoms with van der Waals surface area (Å²) in [4.78, 5) is 11.8. The number of hydrogen-bond donors (Lipinski definition) is 2. The normalized spacial score (nSPS) is 15.6. The van der Waals surface area contributed by atoms with Crippen molar-refractivity contribution in [3.05, 3.63) is 24.3 Å². The molecule has 1 fully saturated rings. The van der Waals surface area contributed by atoms with Gasteiger partial charge in [0.25, 0.3) is 0 Å². The highest BCUT2D eigenvalue weighted by molar-refractivity contribution is 5.92.